The zero-order valence-corrected chi connectivity index (χ0v) is 16.1. The Bertz CT molecular complexity index is 835. The molecule has 0 bridgehead atoms. The van der Waals surface area contributed by atoms with Gasteiger partial charge in [0.2, 0.25) is 17.6 Å². The van der Waals surface area contributed by atoms with Gasteiger partial charge in [0.05, 0.1) is 23.7 Å². The summed E-state index contributed by atoms with van der Waals surface area (Å²) in [5, 5.41) is 14.5. The van der Waals surface area contributed by atoms with Gasteiger partial charge in [-0.1, -0.05) is 0 Å². The predicted octanol–water partition coefficient (Wildman–Crippen LogP) is 2.72. The molecule has 3 rings (SSSR count). The molecular weight excluding hydrogens is 364 g/mol. The van der Waals surface area contributed by atoms with Crippen LogP contribution in [0.4, 0.5) is 29.0 Å². The second kappa shape index (κ2) is 8.26. The molecule has 0 saturated carbocycles. The van der Waals surface area contributed by atoms with Gasteiger partial charge in [-0.3, -0.25) is 10.1 Å². The summed E-state index contributed by atoms with van der Waals surface area (Å²) < 4.78 is 11.1. The summed E-state index contributed by atoms with van der Waals surface area (Å²) in [4.78, 5) is 21.4. The van der Waals surface area contributed by atoms with Crippen LogP contribution in [0.15, 0.2) is 24.3 Å². The number of benzene rings is 1. The van der Waals surface area contributed by atoms with Crippen molar-refractivity contribution in [3.8, 4) is 5.75 Å². The zero-order valence-electron chi connectivity index (χ0n) is 16.1. The van der Waals surface area contributed by atoms with E-state index in [4.69, 9.17) is 15.2 Å². The number of nitrogen functional groups attached to an aromatic ring is 1. The third kappa shape index (κ3) is 4.39. The maximum absolute atomic E-state index is 11.5. The van der Waals surface area contributed by atoms with Crippen molar-refractivity contribution in [3.05, 3.63) is 34.4 Å². The molecule has 150 valence electrons. The van der Waals surface area contributed by atoms with Gasteiger partial charge >= 0.3 is 5.69 Å². The van der Waals surface area contributed by atoms with Crippen molar-refractivity contribution >= 4 is 29.0 Å². The maximum Gasteiger partial charge on any atom is 0.353 e. The Morgan fingerprint density at radius 3 is 2.50 bits per heavy atom. The Morgan fingerprint density at radius 2 is 1.93 bits per heavy atom. The number of hydrogen-bond acceptors (Lipinski definition) is 9. The van der Waals surface area contributed by atoms with Crippen molar-refractivity contribution in [2.45, 2.75) is 33.0 Å². The summed E-state index contributed by atoms with van der Waals surface area (Å²) in [7, 11) is 0. The van der Waals surface area contributed by atoms with Crippen molar-refractivity contribution in [2.75, 3.05) is 35.6 Å². The van der Waals surface area contributed by atoms with Crippen LogP contribution in [0.3, 0.4) is 0 Å². The van der Waals surface area contributed by atoms with E-state index in [9.17, 15) is 10.1 Å². The Kier molecular flexibility index (Phi) is 5.78. The highest BCUT2D eigenvalue weighted by molar-refractivity contribution is 5.74. The van der Waals surface area contributed by atoms with Crippen molar-refractivity contribution in [2.24, 2.45) is 0 Å². The molecule has 1 aliphatic rings. The minimum Gasteiger partial charge on any atom is -0.494 e. The van der Waals surface area contributed by atoms with Gasteiger partial charge in [-0.05, 0) is 45.0 Å². The first-order chi connectivity index (χ1) is 13.4. The number of nitrogens with one attached hydrogen (secondary N) is 1. The lowest BCUT2D eigenvalue weighted by atomic mass is 10.2. The molecule has 2 heterocycles. The lowest BCUT2D eigenvalue weighted by Gasteiger charge is -2.35. The van der Waals surface area contributed by atoms with E-state index in [1.807, 2.05) is 25.7 Å². The number of morpholine rings is 1. The first-order valence-electron chi connectivity index (χ1n) is 9.09. The molecular formula is C18H24N6O4. The van der Waals surface area contributed by atoms with E-state index in [0.717, 1.165) is 0 Å². The van der Waals surface area contributed by atoms with Crippen LogP contribution < -0.4 is 20.7 Å². The highest BCUT2D eigenvalue weighted by Crippen LogP contribution is 2.33. The summed E-state index contributed by atoms with van der Waals surface area (Å²) in [5.41, 5.74) is 6.18. The van der Waals surface area contributed by atoms with Gasteiger partial charge in [0.15, 0.2) is 0 Å². The fourth-order valence-electron chi connectivity index (χ4n) is 3.15. The van der Waals surface area contributed by atoms with Gasteiger partial charge < -0.3 is 25.4 Å². The fraction of sp³-hybridized carbons (Fsp3) is 0.444. The molecule has 10 heteroatoms. The second-order valence-electron chi connectivity index (χ2n) is 6.61. The van der Waals surface area contributed by atoms with Crippen molar-refractivity contribution in [1.29, 1.82) is 0 Å². The number of ether oxygens (including phenoxy) is 2. The van der Waals surface area contributed by atoms with E-state index in [2.05, 4.69) is 15.3 Å². The quantitative estimate of drug-likeness (QED) is 0.567. The average molecular weight is 388 g/mol. The monoisotopic (exact) mass is 388 g/mol. The molecule has 1 saturated heterocycles. The molecule has 10 nitrogen and oxygen atoms in total. The van der Waals surface area contributed by atoms with E-state index < -0.39 is 4.92 Å². The van der Waals surface area contributed by atoms with Gasteiger partial charge in [-0.25, -0.2) is 0 Å². The summed E-state index contributed by atoms with van der Waals surface area (Å²) in [6.07, 6.45) is -0.0161. The van der Waals surface area contributed by atoms with E-state index in [0.29, 0.717) is 37.1 Å². The van der Waals surface area contributed by atoms with E-state index in [1.54, 1.807) is 24.3 Å². The highest BCUT2D eigenvalue weighted by atomic mass is 16.6. The number of aromatic nitrogens is 2. The molecule has 1 fully saturated rings. The normalized spacial score (nSPS) is 19.3. The molecule has 2 aromatic rings. The van der Waals surface area contributed by atoms with Crippen LogP contribution in [0.2, 0.25) is 0 Å². The molecule has 28 heavy (non-hydrogen) atoms. The number of anilines is 4. The third-order valence-electron chi connectivity index (χ3n) is 4.21. The standard InChI is InChI=1S/C18H24N6O4/c1-4-27-14-7-5-13(6-8-14)20-17-15(24(25)26)16(19)21-18(22-17)23-9-11(2)28-12(3)10-23/h5-8,11-12H,4,9-10H2,1-3H3,(H3,19,20,21,22). The summed E-state index contributed by atoms with van der Waals surface area (Å²) in [6.45, 7) is 7.51. The minimum atomic E-state index is -0.583. The van der Waals surface area contributed by atoms with E-state index in [-0.39, 0.29) is 29.5 Å². The number of hydrogen-bond donors (Lipinski definition) is 2. The topological polar surface area (TPSA) is 129 Å². The van der Waals surface area contributed by atoms with Gasteiger partial charge in [-0.2, -0.15) is 9.97 Å². The Labute approximate surface area is 162 Å². The average Bonchev–Trinajstić information content (AvgIpc) is 2.62. The van der Waals surface area contributed by atoms with Gasteiger partial charge in [0.1, 0.15) is 5.75 Å². The molecule has 0 radical (unpaired) electrons. The molecule has 0 amide bonds. The van der Waals surface area contributed by atoms with Crippen LogP contribution in [0.5, 0.6) is 5.75 Å². The Morgan fingerprint density at radius 1 is 1.29 bits per heavy atom. The molecule has 0 spiro atoms. The first-order valence-corrected chi connectivity index (χ1v) is 9.09. The van der Waals surface area contributed by atoms with E-state index in [1.165, 1.54) is 0 Å². The van der Waals surface area contributed by atoms with Crippen LogP contribution in [-0.4, -0.2) is 46.8 Å². The van der Waals surface area contributed by atoms with Crippen LogP contribution in [0.25, 0.3) is 0 Å². The molecule has 0 aliphatic carbocycles. The Hall–Kier alpha value is -3.14. The number of rotatable bonds is 6. The highest BCUT2D eigenvalue weighted by Gasteiger charge is 2.29. The fourth-order valence-corrected chi connectivity index (χ4v) is 3.15. The molecule has 1 aromatic carbocycles. The molecule has 3 N–H and O–H groups in total. The van der Waals surface area contributed by atoms with E-state index >= 15 is 0 Å². The van der Waals surface area contributed by atoms with Crippen molar-refractivity contribution in [3.63, 3.8) is 0 Å². The smallest absolute Gasteiger partial charge is 0.353 e. The molecule has 1 aromatic heterocycles. The lowest BCUT2D eigenvalue weighted by molar-refractivity contribution is -0.383. The molecule has 2 atom stereocenters. The van der Waals surface area contributed by atoms with Crippen LogP contribution in [0.1, 0.15) is 20.8 Å². The molecule has 1 aliphatic heterocycles. The van der Waals surface area contributed by atoms with Crippen LogP contribution >= 0.6 is 0 Å². The summed E-state index contributed by atoms with van der Waals surface area (Å²) in [6, 6.07) is 7.06. The number of nitrogens with two attached hydrogens (primary N) is 1. The van der Waals surface area contributed by atoms with Crippen molar-refractivity contribution in [1.82, 2.24) is 9.97 Å². The minimum absolute atomic E-state index is 0.00807. The maximum atomic E-state index is 11.5. The van der Waals surface area contributed by atoms with Gasteiger partial charge in [0.25, 0.3) is 0 Å². The zero-order chi connectivity index (χ0) is 20.3. The van der Waals surface area contributed by atoms with Crippen molar-refractivity contribution < 1.29 is 14.4 Å². The Balaban J connectivity index is 1.93. The second-order valence-corrected chi connectivity index (χ2v) is 6.61. The number of nitrogens with zero attached hydrogens (tertiary/aromatic N) is 4. The van der Waals surface area contributed by atoms with Gasteiger partial charge in [-0.15, -0.1) is 0 Å². The SMILES string of the molecule is CCOc1ccc(Nc2nc(N3CC(C)OC(C)C3)nc(N)c2[N+](=O)[O-])cc1. The predicted molar refractivity (Wildman–Crippen MR) is 106 cm³/mol. The third-order valence-corrected chi connectivity index (χ3v) is 4.21. The molecule has 2 unspecified atom stereocenters. The summed E-state index contributed by atoms with van der Waals surface area (Å²) in [5.74, 6) is 0.902. The van der Waals surface area contributed by atoms with Gasteiger partial charge in [0, 0.05) is 18.8 Å². The summed E-state index contributed by atoms with van der Waals surface area (Å²) >= 11 is 0. The van der Waals surface area contributed by atoms with Crippen LogP contribution in [-0.2, 0) is 4.74 Å². The van der Waals surface area contributed by atoms with Crippen LogP contribution in [0, 0.1) is 10.1 Å². The number of nitro groups is 1. The first kappa shape index (κ1) is 19.6. The largest absolute Gasteiger partial charge is 0.494 e. The lowest BCUT2D eigenvalue weighted by Crippen LogP contribution is -2.46.